The fourth-order valence-electron chi connectivity index (χ4n) is 2.56. The fraction of sp³-hybridized carbons (Fsp3) is 0.647. The number of hydrogen-bond donors (Lipinski definition) is 2. The average Bonchev–Trinajstić information content (AvgIpc) is 2.53. The number of nitrogens with one attached hydrogen (secondary N) is 1. The van der Waals surface area contributed by atoms with E-state index < -0.39 is 0 Å². The molecule has 0 bridgehead atoms. The summed E-state index contributed by atoms with van der Waals surface area (Å²) in [6, 6.07) is 8.97. The third-order valence-corrected chi connectivity index (χ3v) is 3.96. The Morgan fingerprint density at radius 2 is 1.95 bits per heavy atom. The van der Waals surface area contributed by atoms with E-state index in [0.717, 1.165) is 51.5 Å². The molecule has 21 heavy (non-hydrogen) atoms. The van der Waals surface area contributed by atoms with Crippen LogP contribution in [0.4, 0.5) is 5.69 Å². The van der Waals surface area contributed by atoms with Crippen molar-refractivity contribution in [3.8, 4) is 0 Å². The number of unbranched alkanes of at least 4 members (excludes halogenated alkanes) is 1. The van der Waals surface area contributed by atoms with Crippen molar-refractivity contribution in [2.24, 2.45) is 5.73 Å². The lowest BCUT2D eigenvalue weighted by Gasteiger charge is -2.26. The molecule has 1 atom stereocenters. The van der Waals surface area contributed by atoms with Gasteiger partial charge in [-0.1, -0.05) is 31.9 Å². The summed E-state index contributed by atoms with van der Waals surface area (Å²) < 4.78 is 5.38. The number of nitrogens with zero attached hydrogens (tertiary/aromatic N) is 1. The van der Waals surface area contributed by atoms with Crippen molar-refractivity contribution in [3.05, 3.63) is 29.8 Å². The van der Waals surface area contributed by atoms with Gasteiger partial charge in [0.1, 0.15) is 0 Å². The second-order valence-electron chi connectivity index (χ2n) is 5.87. The number of ether oxygens (including phenoxy) is 1. The zero-order chi connectivity index (χ0) is 14.9. The highest BCUT2D eigenvalue weighted by atomic mass is 16.5. The highest BCUT2D eigenvalue weighted by Crippen LogP contribution is 2.12. The molecule has 0 aliphatic carbocycles. The van der Waals surface area contributed by atoms with Crippen LogP contribution in [0.5, 0.6) is 0 Å². The second kappa shape index (κ2) is 9.03. The van der Waals surface area contributed by atoms with E-state index in [1.807, 2.05) is 0 Å². The molecule has 1 fully saturated rings. The fourth-order valence-corrected chi connectivity index (χ4v) is 2.56. The summed E-state index contributed by atoms with van der Waals surface area (Å²) >= 11 is 0. The topological polar surface area (TPSA) is 50.5 Å². The van der Waals surface area contributed by atoms with Crippen LogP contribution in [-0.2, 0) is 11.3 Å². The van der Waals surface area contributed by atoms with E-state index in [4.69, 9.17) is 10.5 Å². The van der Waals surface area contributed by atoms with Gasteiger partial charge < -0.3 is 15.8 Å². The molecule has 1 aliphatic rings. The van der Waals surface area contributed by atoms with Gasteiger partial charge in [-0.2, -0.15) is 0 Å². The van der Waals surface area contributed by atoms with Crippen LogP contribution in [0.1, 0.15) is 31.7 Å². The van der Waals surface area contributed by atoms with Crippen molar-refractivity contribution in [1.29, 1.82) is 0 Å². The van der Waals surface area contributed by atoms with Crippen molar-refractivity contribution < 1.29 is 4.74 Å². The maximum Gasteiger partial charge on any atom is 0.0594 e. The molecule has 3 N–H and O–H groups in total. The van der Waals surface area contributed by atoms with Crippen LogP contribution in [0.15, 0.2) is 24.3 Å². The lowest BCUT2D eigenvalue weighted by Crippen LogP contribution is -2.35. The Labute approximate surface area is 128 Å². The van der Waals surface area contributed by atoms with Gasteiger partial charge in [0.2, 0.25) is 0 Å². The van der Waals surface area contributed by atoms with Gasteiger partial charge in [-0.25, -0.2) is 0 Å². The van der Waals surface area contributed by atoms with Crippen molar-refractivity contribution in [2.75, 3.05) is 38.2 Å². The van der Waals surface area contributed by atoms with Crippen LogP contribution >= 0.6 is 0 Å². The van der Waals surface area contributed by atoms with Gasteiger partial charge >= 0.3 is 0 Å². The first-order valence-corrected chi connectivity index (χ1v) is 8.16. The van der Waals surface area contributed by atoms with E-state index in [-0.39, 0.29) is 6.04 Å². The smallest absolute Gasteiger partial charge is 0.0594 e. The molecular weight excluding hydrogens is 262 g/mol. The molecule has 0 spiro atoms. The molecule has 1 saturated heterocycles. The number of benzene rings is 1. The van der Waals surface area contributed by atoms with Crippen molar-refractivity contribution in [2.45, 2.75) is 38.8 Å². The molecule has 1 aromatic rings. The van der Waals surface area contributed by atoms with E-state index >= 15 is 0 Å². The minimum absolute atomic E-state index is 0.248. The minimum Gasteiger partial charge on any atom is -0.383 e. The lowest BCUT2D eigenvalue weighted by atomic mass is 10.1. The van der Waals surface area contributed by atoms with E-state index in [2.05, 4.69) is 41.4 Å². The molecule has 118 valence electrons. The average molecular weight is 291 g/mol. The highest BCUT2D eigenvalue weighted by Gasteiger charge is 2.10. The Kier molecular flexibility index (Phi) is 7.00. The quantitative estimate of drug-likeness (QED) is 0.772. The Morgan fingerprint density at radius 1 is 1.24 bits per heavy atom. The number of morpholine rings is 1. The van der Waals surface area contributed by atoms with Crippen LogP contribution in [0.2, 0.25) is 0 Å². The monoisotopic (exact) mass is 291 g/mol. The van der Waals surface area contributed by atoms with Crippen molar-refractivity contribution in [1.82, 2.24) is 4.90 Å². The third kappa shape index (κ3) is 6.04. The molecule has 0 saturated carbocycles. The first-order valence-electron chi connectivity index (χ1n) is 8.16. The molecule has 2 rings (SSSR count). The first kappa shape index (κ1) is 16.3. The molecule has 1 unspecified atom stereocenters. The lowest BCUT2D eigenvalue weighted by molar-refractivity contribution is 0.0342. The van der Waals surface area contributed by atoms with Crippen LogP contribution in [0.25, 0.3) is 0 Å². The molecule has 0 aromatic heterocycles. The maximum absolute atomic E-state index is 6.08. The number of nitrogens with two attached hydrogens (primary N) is 1. The molecule has 1 heterocycles. The van der Waals surface area contributed by atoms with Gasteiger partial charge in [-0.15, -0.1) is 0 Å². The predicted molar refractivity (Wildman–Crippen MR) is 88.5 cm³/mol. The molecule has 0 amide bonds. The summed E-state index contributed by atoms with van der Waals surface area (Å²) in [5.41, 5.74) is 8.60. The Balaban J connectivity index is 1.73. The second-order valence-corrected chi connectivity index (χ2v) is 5.87. The third-order valence-electron chi connectivity index (χ3n) is 3.96. The largest absolute Gasteiger partial charge is 0.383 e. The van der Waals surface area contributed by atoms with Gasteiger partial charge in [0.15, 0.2) is 0 Å². The van der Waals surface area contributed by atoms with E-state index in [9.17, 15) is 0 Å². The molecular formula is C17H29N3O. The molecule has 0 radical (unpaired) electrons. The van der Waals surface area contributed by atoms with Gasteiger partial charge in [-0.3, -0.25) is 4.90 Å². The van der Waals surface area contributed by atoms with Crippen LogP contribution in [0, 0.1) is 0 Å². The molecule has 1 aliphatic heterocycles. The number of hydrogen-bond acceptors (Lipinski definition) is 4. The standard InChI is InChI=1S/C17H29N3O/c1-2-3-4-16(18)13-19-17-7-5-15(6-8-17)14-20-9-11-21-12-10-20/h5-8,16,19H,2-4,9-14,18H2,1H3. The Hall–Kier alpha value is -1.10. The van der Waals surface area contributed by atoms with Crippen LogP contribution in [-0.4, -0.2) is 43.8 Å². The summed E-state index contributed by atoms with van der Waals surface area (Å²) in [6.45, 7) is 7.85. The summed E-state index contributed by atoms with van der Waals surface area (Å²) in [6.07, 6.45) is 3.52. The van der Waals surface area contributed by atoms with Gasteiger partial charge in [0.05, 0.1) is 13.2 Å². The Bertz CT molecular complexity index is 388. The normalized spacial score (nSPS) is 17.6. The summed E-state index contributed by atoms with van der Waals surface area (Å²) in [5, 5.41) is 3.43. The zero-order valence-electron chi connectivity index (χ0n) is 13.2. The summed E-state index contributed by atoms with van der Waals surface area (Å²) in [5.74, 6) is 0. The van der Waals surface area contributed by atoms with E-state index in [1.165, 1.54) is 18.4 Å². The number of anilines is 1. The van der Waals surface area contributed by atoms with Gasteiger partial charge in [0.25, 0.3) is 0 Å². The summed E-state index contributed by atoms with van der Waals surface area (Å²) in [7, 11) is 0. The van der Waals surface area contributed by atoms with Gasteiger partial charge in [0, 0.05) is 37.9 Å². The molecule has 4 nitrogen and oxygen atoms in total. The van der Waals surface area contributed by atoms with E-state index in [1.54, 1.807) is 0 Å². The van der Waals surface area contributed by atoms with Gasteiger partial charge in [-0.05, 0) is 24.1 Å². The maximum atomic E-state index is 6.08. The van der Waals surface area contributed by atoms with Crippen LogP contribution < -0.4 is 11.1 Å². The SMILES string of the molecule is CCCCC(N)CNc1ccc(CN2CCOCC2)cc1. The van der Waals surface area contributed by atoms with Crippen molar-refractivity contribution in [3.63, 3.8) is 0 Å². The van der Waals surface area contributed by atoms with E-state index in [0.29, 0.717) is 0 Å². The van der Waals surface area contributed by atoms with Crippen LogP contribution in [0.3, 0.4) is 0 Å². The summed E-state index contributed by atoms with van der Waals surface area (Å²) in [4.78, 5) is 2.44. The molecule has 4 heteroatoms. The number of rotatable bonds is 8. The zero-order valence-corrected chi connectivity index (χ0v) is 13.2. The predicted octanol–water partition coefficient (Wildman–Crippen LogP) is 2.45. The Morgan fingerprint density at radius 3 is 2.62 bits per heavy atom. The first-order chi connectivity index (χ1) is 10.3. The highest BCUT2D eigenvalue weighted by molar-refractivity contribution is 5.44. The minimum atomic E-state index is 0.248. The van der Waals surface area contributed by atoms with Crippen molar-refractivity contribution >= 4 is 5.69 Å². The molecule has 1 aromatic carbocycles.